The monoisotopic (exact) mass is 142 g/mol. The summed E-state index contributed by atoms with van der Waals surface area (Å²) in [5.74, 6) is -0.890. The lowest BCUT2D eigenvalue weighted by atomic mass is 10.3. The lowest BCUT2D eigenvalue weighted by Gasteiger charge is -1.86. The second kappa shape index (κ2) is 4.55. The molecular weight excluding hydrogens is 132 g/mol. The van der Waals surface area contributed by atoms with Crippen LogP contribution in [0.15, 0.2) is 12.2 Å². The third kappa shape index (κ3) is 6.68. The summed E-state index contributed by atoms with van der Waals surface area (Å²) in [6, 6.07) is 0. The Morgan fingerprint density at radius 3 is 2.30 bits per heavy atom. The van der Waals surface area contributed by atoms with Gasteiger partial charge in [-0.25, -0.2) is 0 Å². The molecule has 0 aromatic rings. The number of carbonyl (C=O) groups is 2. The topological polar surface area (TPSA) is 86.2 Å². The van der Waals surface area contributed by atoms with Crippen LogP contribution in [-0.4, -0.2) is 11.8 Å². The normalized spacial score (nSPS) is 10.0. The Hall–Kier alpha value is -1.32. The van der Waals surface area contributed by atoms with E-state index < -0.39 is 5.91 Å². The number of amides is 2. The minimum absolute atomic E-state index is 0.254. The van der Waals surface area contributed by atoms with Crippen LogP contribution in [-0.2, 0) is 9.59 Å². The zero-order chi connectivity index (χ0) is 7.98. The van der Waals surface area contributed by atoms with Gasteiger partial charge in [0.15, 0.2) is 0 Å². The standard InChI is InChI=1S/C6H10N2O2/c7-5(9)3-1-2-4-6(8)10/h1,3H,2,4H2,(H2,7,9)(H2,8,10). The highest BCUT2D eigenvalue weighted by Gasteiger charge is 1.89. The molecule has 0 aliphatic rings. The van der Waals surface area contributed by atoms with Crippen molar-refractivity contribution >= 4 is 11.8 Å². The summed E-state index contributed by atoms with van der Waals surface area (Å²) in [4.78, 5) is 20.2. The van der Waals surface area contributed by atoms with Crippen molar-refractivity contribution in [1.29, 1.82) is 0 Å². The molecule has 4 nitrogen and oxygen atoms in total. The van der Waals surface area contributed by atoms with Gasteiger partial charge in [0.05, 0.1) is 0 Å². The number of primary amides is 2. The van der Waals surface area contributed by atoms with Crippen LogP contribution in [0.25, 0.3) is 0 Å². The van der Waals surface area contributed by atoms with Crippen molar-refractivity contribution in [2.75, 3.05) is 0 Å². The van der Waals surface area contributed by atoms with E-state index in [1.165, 1.54) is 12.2 Å². The van der Waals surface area contributed by atoms with Crippen molar-refractivity contribution in [2.24, 2.45) is 11.5 Å². The van der Waals surface area contributed by atoms with Gasteiger partial charge in [0, 0.05) is 6.42 Å². The molecule has 0 unspecified atom stereocenters. The SMILES string of the molecule is NC(=O)C=CCCC(N)=O. The van der Waals surface area contributed by atoms with Gasteiger partial charge in [0.1, 0.15) is 0 Å². The summed E-state index contributed by atoms with van der Waals surface area (Å²) in [7, 11) is 0. The molecule has 0 atom stereocenters. The average molecular weight is 142 g/mol. The van der Waals surface area contributed by atoms with Gasteiger partial charge in [-0.1, -0.05) is 6.08 Å². The Morgan fingerprint density at radius 2 is 1.90 bits per heavy atom. The quantitative estimate of drug-likeness (QED) is 0.508. The van der Waals surface area contributed by atoms with E-state index in [4.69, 9.17) is 11.5 Å². The van der Waals surface area contributed by atoms with Gasteiger partial charge < -0.3 is 11.5 Å². The van der Waals surface area contributed by atoms with E-state index in [9.17, 15) is 9.59 Å². The molecule has 0 aliphatic carbocycles. The van der Waals surface area contributed by atoms with Crippen LogP contribution in [0.4, 0.5) is 0 Å². The van der Waals surface area contributed by atoms with Crippen molar-refractivity contribution in [3.8, 4) is 0 Å². The molecule has 10 heavy (non-hydrogen) atoms. The maximum Gasteiger partial charge on any atom is 0.241 e. The zero-order valence-electron chi connectivity index (χ0n) is 5.54. The number of allylic oxidation sites excluding steroid dienone is 1. The van der Waals surface area contributed by atoms with Crippen LogP contribution in [0.3, 0.4) is 0 Å². The number of nitrogens with two attached hydrogens (primary N) is 2. The maximum atomic E-state index is 10.1. The van der Waals surface area contributed by atoms with Gasteiger partial charge in [-0.05, 0) is 12.5 Å². The largest absolute Gasteiger partial charge is 0.370 e. The first-order valence-corrected chi connectivity index (χ1v) is 2.87. The molecule has 2 amide bonds. The second-order valence-corrected chi connectivity index (χ2v) is 1.81. The summed E-state index contributed by atoms with van der Waals surface area (Å²) in [5, 5.41) is 0. The second-order valence-electron chi connectivity index (χ2n) is 1.81. The smallest absolute Gasteiger partial charge is 0.241 e. The molecule has 0 aromatic heterocycles. The van der Waals surface area contributed by atoms with Crippen LogP contribution < -0.4 is 11.5 Å². The predicted octanol–water partition coefficient (Wildman–Crippen LogP) is -0.707. The fraction of sp³-hybridized carbons (Fsp3) is 0.333. The van der Waals surface area contributed by atoms with E-state index in [1.54, 1.807) is 0 Å². The fourth-order valence-corrected chi connectivity index (χ4v) is 0.425. The van der Waals surface area contributed by atoms with Gasteiger partial charge in [-0.3, -0.25) is 9.59 Å². The number of rotatable bonds is 4. The summed E-state index contributed by atoms with van der Waals surface area (Å²) < 4.78 is 0. The van der Waals surface area contributed by atoms with E-state index in [2.05, 4.69) is 0 Å². The zero-order valence-corrected chi connectivity index (χ0v) is 5.54. The van der Waals surface area contributed by atoms with Crippen LogP contribution in [0.1, 0.15) is 12.8 Å². The molecule has 0 heterocycles. The number of hydrogen-bond donors (Lipinski definition) is 2. The van der Waals surface area contributed by atoms with Crippen molar-refractivity contribution in [1.82, 2.24) is 0 Å². The summed E-state index contributed by atoms with van der Waals surface area (Å²) >= 11 is 0. The van der Waals surface area contributed by atoms with Gasteiger partial charge in [-0.15, -0.1) is 0 Å². The third-order valence-corrected chi connectivity index (χ3v) is 0.840. The molecule has 0 bridgehead atoms. The molecule has 0 fully saturated rings. The Kier molecular flexibility index (Phi) is 3.95. The highest BCUT2D eigenvalue weighted by atomic mass is 16.1. The molecule has 0 spiro atoms. The van der Waals surface area contributed by atoms with E-state index in [0.29, 0.717) is 6.42 Å². The lowest BCUT2D eigenvalue weighted by Crippen LogP contribution is -2.09. The van der Waals surface area contributed by atoms with Crippen LogP contribution in [0.2, 0.25) is 0 Å². The Balaban J connectivity index is 3.36. The first-order chi connectivity index (χ1) is 4.63. The van der Waals surface area contributed by atoms with Crippen molar-refractivity contribution in [3.63, 3.8) is 0 Å². The molecule has 0 rings (SSSR count). The van der Waals surface area contributed by atoms with Crippen LogP contribution in [0.5, 0.6) is 0 Å². The predicted molar refractivity (Wildman–Crippen MR) is 36.8 cm³/mol. The molecule has 4 heteroatoms. The third-order valence-electron chi connectivity index (χ3n) is 0.840. The van der Waals surface area contributed by atoms with Gasteiger partial charge in [0.25, 0.3) is 0 Å². The molecule has 4 N–H and O–H groups in total. The van der Waals surface area contributed by atoms with Crippen molar-refractivity contribution < 1.29 is 9.59 Å². The van der Waals surface area contributed by atoms with E-state index >= 15 is 0 Å². The molecule has 0 radical (unpaired) electrons. The van der Waals surface area contributed by atoms with Gasteiger partial charge in [-0.2, -0.15) is 0 Å². The van der Waals surface area contributed by atoms with Gasteiger partial charge in [0.2, 0.25) is 11.8 Å². The van der Waals surface area contributed by atoms with E-state index in [-0.39, 0.29) is 12.3 Å². The van der Waals surface area contributed by atoms with E-state index in [1.807, 2.05) is 0 Å². The van der Waals surface area contributed by atoms with E-state index in [0.717, 1.165) is 0 Å². The summed E-state index contributed by atoms with van der Waals surface area (Å²) in [5.41, 5.74) is 9.59. The Labute approximate surface area is 58.9 Å². The maximum absolute atomic E-state index is 10.1. The van der Waals surface area contributed by atoms with Crippen molar-refractivity contribution in [3.05, 3.63) is 12.2 Å². The summed E-state index contributed by atoms with van der Waals surface area (Å²) in [6.07, 6.45) is 3.46. The minimum atomic E-state index is -0.510. The summed E-state index contributed by atoms with van der Waals surface area (Å²) in [6.45, 7) is 0. The lowest BCUT2D eigenvalue weighted by molar-refractivity contribution is -0.118. The first kappa shape index (κ1) is 8.68. The molecule has 0 saturated carbocycles. The highest BCUT2D eigenvalue weighted by Crippen LogP contribution is 1.87. The van der Waals surface area contributed by atoms with Crippen LogP contribution in [0, 0.1) is 0 Å². The number of carbonyl (C=O) groups excluding carboxylic acids is 2. The molecule has 0 aliphatic heterocycles. The Bertz CT molecular complexity index is 163. The van der Waals surface area contributed by atoms with Crippen molar-refractivity contribution in [2.45, 2.75) is 12.8 Å². The Morgan fingerprint density at radius 1 is 1.30 bits per heavy atom. The molecule has 56 valence electrons. The van der Waals surface area contributed by atoms with Crippen LogP contribution >= 0.6 is 0 Å². The first-order valence-electron chi connectivity index (χ1n) is 2.87. The average Bonchev–Trinajstić information content (AvgIpc) is 1.79. The minimum Gasteiger partial charge on any atom is -0.370 e. The highest BCUT2D eigenvalue weighted by molar-refractivity contribution is 5.85. The number of hydrogen-bond acceptors (Lipinski definition) is 2. The fourth-order valence-electron chi connectivity index (χ4n) is 0.425. The van der Waals surface area contributed by atoms with Gasteiger partial charge >= 0.3 is 0 Å². The molecule has 0 aromatic carbocycles. The molecular formula is C6H10N2O2. The molecule has 0 saturated heterocycles.